The van der Waals surface area contributed by atoms with Crippen LogP contribution in [0.1, 0.15) is 32.3 Å². The van der Waals surface area contributed by atoms with E-state index in [-0.39, 0.29) is 0 Å². The summed E-state index contributed by atoms with van der Waals surface area (Å²) in [6.07, 6.45) is 3.52. The molecule has 3 unspecified atom stereocenters. The van der Waals surface area contributed by atoms with Gasteiger partial charge in [-0.05, 0) is 49.6 Å². The lowest BCUT2D eigenvalue weighted by molar-refractivity contribution is 0.426. The van der Waals surface area contributed by atoms with Crippen LogP contribution in [0.5, 0.6) is 5.75 Å². The van der Waals surface area contributed by atoms with Crippen LogP contribution in [0.3, 0.4) is 0 Å². The van der Waals surface area contributed by atoms with Crippen LogP contribution in [-0.4, -0.2) is 28.2 Å². The third-order valence-electron chi connectivity index (χ3n) is 3.68. The van der Waals surface area contributed by atoms with E-state index >= 15 is 0 Å². The normalized spacial score (nSPS) is 25.2. The van der Waals surface area contributed by atoms with E-state index in [2.05, 4.69) is 30.9 Å². The molecule has 3 heteroatoms. The van der Waals surface area contributed by atoms with Gasteiger partial charge in [0, 0.05) is 17.3 Å². The molecule has 0 saturated carbocycles. The molecule has 2 rings (SSSR count). The van der Waals surface area contributed by atoms with Crippen LogP contribution >= 0.6 is 11.8 Å². The number of rotatable bonds is 5. The molecule has 0 radical (unpaired) electrons. The van der Waals surface area contributed by atoms with Crippen molar-refractivity contribution in [1.29, 1.82) is 0 Å². The molecule has 0 aliphatic carbocycles. The molecule has 0 aromatic heterocycles. The maximum atomic E-state index is 9.24. The zero-order valence-corrected chi connectivity index (χ0v) is 12.0. The molecule has 0 spiro atoms. The van der Waals surface area contributed by atoms with Gasteiger partial charge in [0.2, 0.25) is 0 Å². The topological polar surface area (TPSA) is 32.3 Å². The summed E-state index contributed by atoms with van der Waals surface area (Å²) < 4.78 is 0. The van der Waals surface area contributed by atoms with Crippen molar-refractivity contribution < 1.29 is 5.11 Å². The first kappa shape index (κ1) is 13.8. The molecule has 0 bridgehead atoms. The van der Waals surface area contributed by atoms with Gasteiger partial charge in [0.25, 0.3) is 0 Å². The quantitative estimate of drug-likeness (QED) is 0.857. The number of aromatic hydroxyl groups is 1. The van der Waals surface area contributed by atoms with Gasteiger partial charge in [-0.1, -0.05) is 19.1 Å². The van der Waals surface area contributed by atoms with Crippen LogP contribution in [0.25, 0.3) is 0 Å². The van der Waals surface area contributed by atoms with Gasteiger partial charge in [0.05, 0.1) is 0 Å². The van der Waals surface area contributed by atoms with Gasteiger partial charge in [-0.2, -0.15) is 11.8 Å². The van der Waals surface area contributed by atoms with Crippen molar-refractivity contribution >= 4 is 11.8 Å². The summed E-state index contributed by atoms with van der Waals surface area (Å²) in [5, 5.41) is 13.7. The SMILES string of the molecule is CC(CCc1ccc(O)cc1)NC1CCSC1C. The average Bonchev–Trinajstić information content (AvgIpc) is 2.74. The molecule has 2 nitrogen and oxygen atoms in total. The summed E-state index contributed by atoms with van der Waals surface area (Å²) in [4.78, 5) is 0. The molecule has 2 N–H and O–H groups in total. The summed E-state index contributed by atoms with van der Waals surface area (Å²) in [7, 11) is 0. The number of thioether (sulfide) groups is 1. The molecular formula is C15H23NOS. The van der Waals surface area contributed by atoms with Crippen LogP contribution in [0.15, 0.2) is 24.3 Å². The van der Waals surface area contributed by atoms with Crippen molar-refractivity contribution in [2.75, 3.05) is 5.75 Å². The zero-order chi connectivity index (χ0) is 13.0. The molecule has 1 aliphatic heterocycles. The van der Waals surface area contributed by atoms with Gasteiger partial charge in [-0.3, -0.25) is 0 Å². The highest BCUT2D eigenvalue weighted by Crippen LogP contribution is 2.26. The predicted molar refractivity (Wildman–Crippen MR) is 79.4 cm³/mol. The molecule has 1 heterocycles. The third-order valence-corrected chi connectivity index (χ3v) is 5.00. The minimum atomic E-state index is 0.349. The van der Waals surface area contributed by atoms with Crippen molar-refractivity contribution in [2.24, 2.45) is 0 Å². The number of nitrogens with one attached hydrogen (secondary N) is 1. The molecule has 0 amide bonds. The lowest BCUT2D eigenvalue weighted by atomic mass is 10.0. The van der Waals surface area contributed by atoms with Crippen molar-refractivity contribution in [2.45, 2.75) is 50.4 Å². The molecule has 1 saturated heterocycles. The number of phenolic OH excluding ortho intramolecular Hbond substituents is 1. The summed E-state index contributed by atoms with van der Waals surface area (Å²) in [5.41, 5.74) is 1.30. The standard InChI is InChI=1S/C15H23NOS/c1-11(16-15-9-10-18-12(15)2)3-4-13-5-7-14(17)8-6-13/h5-8,11-12,15-17H,3-4,9-10H2,1-2H3. The Balaban J connectivity index is 1.74. The fraction of sp³-hybridized carbons (Fsp3) is 0.600. The van der Waals surface area contributed by atoms with Crippen LogP contribution in [0.2, 0.25) is 0 Å². The second-order valence-electron chi connectivity index (χ2n) is 5.24. The highest BCUT2D eigenvalue weighted by molar-refractivity contribution is 8.00. The van der Waals surface area contributed by atoms with E-state index in [1.807, 2.05) is 12.1 Å². The van der Waals surface area contributed by atoms with Crippen LogP contribution in [0, 0.1) is 0 Å². The lowest BCUT2D eigenvalue weighted by Gasteiger charge is -2.22. The number of hydrogen-bond acceptors (Lipinski definition) is 3. The lowest BCUT2D eigenvalue weighted by Crippen LogP contribution is -2.39. The first-order valence-electron chi connectivity index (χ1n) is 6.80. The van der Waals surface area contributed by atoms with Gasteiger partial charge in [-0.15, -0.1) is 0 Å². The molecule has 1 aliphatic rings. The molecule has 1 fully saturated rings. The van der Waals surface area contributed by atoms with E-state index in [9.17, 15) is 5.11 Å². The molecule has 3 atom stereocenters. The molecule has 100 valence electrons. The van der Waals surface area contributed by atoms with Gasteiger partial charge in [0.15, 0.2) is 0 Å². The number of phenols is 1. The van der Waals surface area contributed by atoms with E-state index in [0.717, 1.165) is 18.1 Å². The predicted octanol–water partition coefficient (Wildman–Crippen LogP) is 3.20. The second kappa shape index (κ2) is 6.48. The average molecular weight is 265 g/mol. The smallest absolute Gasteiger partial charge is 0.115 e. The van der Waals surface area contributed by atoms with E-state index < -0.39 is 0 Å². The summed E-state index contributed by atoms with van der Waals surface area (Å²) in [6, 6.07) is 8.80. The molecular weight excluding hydrogens is 242 g/mol. The third kappa shape index (κ3) is 3.92. The summed E-state index contributed by atoms with van der Waals surface area (Å²) in [5.74, 6) is 1.64. The highest BCUT2D eigenvalue weighted by Gasteiger charge is 2.24. The van der Waals surface area contributed by atoms with Gasteiger partial charge in [0.1, 0.15) is 5.75 Å². The van der Waals surface area contributed by atoms with E-state index in [1.165, 1.54) is 17.7 Å². The minimum absolute atomic E-state index is 0.349. The number of hydrogen-bond donors (Lipinski definition) is 2. The Kier molecular flexibility index (Phi) is 4.95. The Morgan fingerprint density at radius 2 is 2.11 bits per heavy atom. The summed E-state index contributed by atoms with van der Waals surface area (Å²) in [6.45, 7) is 4.60. The highest BCUT2D eigenvalue weighted by atomic mass is 32.2. The first-order valence-corrected chi connectivity index (χ1v) is 7.85. The fourth-order valence-corrected chi connectivity index (χ4v) is 3.65. The summed E-state index contributed by atoms with van der Waals surface area (Å²) >= 11 is 2.07. The van der Waals surface area contributed by atoms with Gasteiger partial charge in [-0.25, -0.2) is 0 Å². The Hall–Kier alpha value is -0.670. The minimum Gasteiger partial charge on any atom is -0.508 e. The zero-order valence-electron chi connectivity index (χ0n) is 11.2. The monoisotopic (exact) mass is 265 g/mol. The van der Waals surface area contributed by atoms with Gasteiger partial charge < -0.3 is 10.4 Å². The van der Waals surface area contributed by atoms with Gasteiger partial charge >= 0.3 is 0 Å². The van der Waals surface area contributed by atoms with Crippen LogP contribution in [0.4, 0.5) is 0 Å². The van der Waals surface area contributed by atoms with Crippen molar-refractivity contribution in [3.8, 4) is 5.75 Å². The number of benzene rings is 1. The second-order valence-corrected chi connectivity index (χ2v) is 6.73. The Morgan fingerprint density at radius 1 is 1.39 bits per heavy atom. The Morgan fingerprint density at radius 3 is 2.72 bits per heavy atom. The maximum Gasteiger partial charge on any atom is 0.115 e. The van der Waals surface area contributed by atoms with Crippen molar-refractivity contribution in [1.82, 2.24) is 5.32 Å². The van der Waals surface area contributed by atoms with E-state index in [0.29, 0.717) is 17.8 Å². The fourth-order valence-electron chi connectivity index (χ4n) is 2.45. The molecule has 1 aromatic carbocycles. The first-order chi connectivity index (χ1) is 8.65. The van der Waals surface area contributed by atoms with E-state index in [4.69, 9.17) is 0 Å². The van der Waals surface area contributed by atoms with Crippen LogP contribution < -0.4 is 5.32 Å². The van der Waals surface area contributed by atoms with Crippen molar-refractivity contribution in [3.05, 3.63) is 29.8 Å². The van der Waals surface area contributed by atoms with Crippen LogP contribution in [-0.2, 0) is 6.42 Å². The largest absolute Gasteiger partial charge is 0.508 e. The van der Waals surface area contributed by atoms with Crippen molar-refractivity contribution in [3.63, 3.8) is 0 Å². The Bertz CT molecular complexity index is 365. The maximum absolute atomic E-state index is 9.24. The Labute approximate surface area is 114 Å². The number of aryl methyl sites for hydroxylation is 1. The molecule has 1 aromatic rings. The van der Waals surface area contributed by atoms with E-state index in [1.54, 1.807) is 12.1 Å². The molecule has 18 heavy (non-hydrogen) atoms.